The van der Waals surface area contributed by atoms with Crippen LogP contribution >= 0.6 is 11.8 Å². The first kappa shape index (κ1) is 10.5. The molecule has 0 aromatic heterocycles. The molecule has 0 rings (SSSR count). The van der Waals surface area contributed by atoms with Gasteiger partial charge in [0.25, 0.3) is 0 Å². The molecule has 0 aromatic rings. The Morgan fingerprint density at radius 3 is 2.60 bits per heavy atom. The third-order valence-electron chi connectivity index (χ3n) is 0.914. The van der Waals surface area contributed by atoms with Gasteiger partial charge in [-0.25, -0.2) is 4.21 Å². The van der Waals surface area contributed by atoms with Crippen molar-refractivity contribution in [3.63, 3.8) is 0 Å². The zero-order valence-corrected chi connectivity index (χ0v) is 8.00. The highest BCUT2D eigenvalue weighted by molar-refractivity contribution is 7.99. The summed E-state index contributed by atoms with van der Waals surface area (Å²) in [7, 11) is 0. The van der Waals surface area contributed by atoms with Crippen molar-refractivity contribution in [2.45, 2.75) is 25.5 Å². The summed E-state index contributed by atoms with van der Waals surface area (Å²) in [4.78, 5) is 0. The summed E-state index contributed by atoms with van der Waals surface area (Å²) in [6.45, 7) is 4.25. The van der Waals surface area contributed by atoms with E-state index >= 15 is 0 Å². The smallest absolute Gasteiger partial charge is 0.152 e. The summed E-state index contributed by atoms with van der Waals surface area (Å²) in [6.07, 6.45) is 0.839. The van der Waals surface area contributed by atoms with E-state index in [0.717, 1.165) is 12.2 Å². The van der Waals surface area contributed by atoms with Crippen LogP contribution < -0.4 is 0 Å². The second-order valence-electron chi connectivity index (χ2n) is 2.30. The highest BCUT2D eigenvalue weighted by Gasteiger charge is 1.96. The molecule has 0 saturated carbocycles. The van der Waals surface area contributed by atoms with E-state index in [0.29, 0.717) is 11.0 Å². The van der Waals surface area contributed by atoms with Crippen LogP contribution in [-0.2, 0) is 11.1 Å². The van der Waals surface area contributed by atoms with Crippen LogP contribution in [0.25, 0.3) is 0 Å². The van der Waals surface area contributed by atoms with Crippen LogP contribution in [0.1, 0.15) is 20.3 Å². The molecule has 0 bridgehead atoms. The maximum atomic E-state index is 10.1. The van der Waals surface area contributed by atoms with E-state index in [-0.39, 0.29) is 0 Å². The highest BCUT2D eigenvalue weighted by atomic mass is 32.2. The maximum absolute atomic E-state index is 10.1. The van der Waals surface area contributed by atoms with Crippen molar-refractivity contribution in [2.75, 3.05) is 11.5 Å². The molecule has 0 spiro atoms. The molecule has 1 unspecified atom stereocenters. The third-order valence-corrected chi connectivity index (χ3v) is 2.74. The van der Waals surface area contributed by atoms with Crippen molar-refractivity contribution in [3.05, 3.63) is 0 Å². The van der Waals surface area contributed by atoms with Gasteiger partial charge in [0.1, 0.15) is 0 Å². The number of hydrogen-bond acceptors (Lipinski definition) is 2. The van der Waals surface area contributed by atoms with Crippen molar-refractivity contribution in [1.29, 1.82) is 0 Å². The minimum atomic E-state index is -1.59. The van der Waals surface area contributed by atoms with Gasteiger partial charge in [-0.15, -0.1) is 0 Å². The fourth-order valence-corrected chi connectivity index (χ4v) is 1.86. The largest absolute Gasteiger partial charge is 0.306 e. The molecular weight excluding hydrogens is 168 g/mol. The quantitative estimate of drug-likeness (QED) is 0.520. The monoisotopic (exact) mass is 182 g/mol. The van der Waals surface area contributed by atoms with Crippen LogP contribution in [0.2, 0.25) is 0 Å². The second kappa shape index (κ2) is 6.19. The minimum Gasteiger partial charge on any atom is -0.306 e. The molecule has 0 radical (unpaired) electrons. The van der Waals surface area contributed by atoms with E-state index in [1.54, 1.807) is 0 Å². The predicted molar refractivity (Wildman–Crippen MR) is 47.8 cm³/mol. The van der Waals surface area contributed by atoms with Crippen molar-refractivity contribution in [1.82, 2.24) is 0 Å². The molecular formula is C6H14O2S2. The minimum absolute atomic E-state index is 0.416. The molecule has 0 aliphatic heterocycles. The zero-order chi connectivity index (χ0) is 7.98. The van der Waals surface area contributed by atoms with Crippen LogP contribution in [0.5, 0.6) is 0 Å². The Hall–Kier alpha value is 0.460. The molecule has 2 nitrogen and oxygen atoms in total. The number of hydrogen-bond donors (Lipinski definition) is 1. The Morgan fingerprint density at radius 1 is 1.60 bits per heavy atom. The Morgan fingerprint density at radius 2 is 2.20 bits per heavy atom. The zero-order valence-electron chi connectivity index (χ0n) is 6.37. The summed E-state index contributed by atoms with van der Waals surface area (Å²) >= 11 is 0.234. The molecule has 0 fully saturated rings. The Bertz CT molecular complexity index is 104. The second-order valence-corrected chi connectivity index (χ2v) is 5.03. The molecule has 0 saturated heterocycles. The lowest BCUT2D eigenvalue weighted by Crippen LogP contribution is -1.98. The predicted octanol–water partition coefficient (Wildman–Crippen LogP) is 1.74. The first-order chi connectivity index (χ1) is 4.63. The molecule has 0 heterocycles. The molecule has 1 N–H and O–H groups in total. The van der Waals surface area contributed by atoms with Crippen molar-refractivity contribution < 1.29 is 8.76 Å². The van der Waals surface area contributed by atoms with Gasteiger partial charge in [0, 0.05) is 0 Å². The van der Waals surface area contributed by atoms with E-state index in [4.69, 9.17) is 4.55 Å². The van der Waals surface area contributed by atoms with E-state index < -0.39 is 11.1 Å². The third kappa shape index (κ3) is 8.46. The van der Waals surface area contributed by atoms with Gasteiger partial charge in [0.05, 0.1) is 5.75 Å². The van der Waals surface area contributed by atoms with Crippen molar-refractivity contribution >= 4 is 22.8 Å². The Labute approximate surface area is 69.1 Å². The maximum Gasteiger partial charge on any atom is 0.152 e. The van der Waals surface area contributed by atoms with Crippen LogP contribution in [0.15, 0.2) is 0 Å². The van der Waals surface area contributed by atoms with Gasteiger partial charge in [-0.3, -0.25) is 0 Å². The Kier molecular flexibility index (Phi) is 6.47. The van der Waals surface area contributed by atoms with Gasteiger partial charge in [-0.05, 0) is 17.4 Å². The molecule has 0 amide bonds. The molecule has 0 aromatic carbocycles. The van der Waals surface area contributed by atoms with Crippen LogP contribution in [0.3, 0.4) is 0 Å². The van der Waals surface area contributed by atoms with E-state index in [9.17, 15) is 4.21 Å². The van der Waals surface area contributed by atoms with Crippen LogP contribution in [-0.4, -0.2) is 25.5 Å². The van der Waals surface area contributed by atoms with Gasteiger partial charge in [0.15, 0.2) is 11.1 Å². The lowest BCUT2D eigenvalue weighted by Gasteiger charge is -2.01. The molecule has 0 aliphatic rings. The number of rotatable bonds is 5. The fourth-order valence-electron chi connectivity index (χ4n) is 0.501. The Balaban J connectivity index is 2.98. The highest BCUT2D eigenvalue weighted by Crippen LogP contribution is 2.09. The molecule has 62 valence electrons. The van der Waals surface area contributed by atoms with Crippen LogP contribution in [0.4, 0.5) is 0 Å². The topological polar surface area (TPSA) is 37.3 Å². The first-order valence-electron chi connectivity index (χ1n) is 3.32. The lowest BCUT2D eigenvalue weighted by atomic mass is 10.6. The van der Waals surface area contributed by atoms with Crippen molar-refractivity contribution in [2.24, 2.45) is 0 Å². The average Bonchev–Trinajstić information content (AvgIpc) is 1.79. The SMILES string of the molecule is CC(C)SCCCS(=O)O. The first-order valence-corrected chi connectivity index (χ1v) is 5.64. The van der Waals surface area contributed by atoms with Gasteiger partial charge < -0.3 is 4.55 Å². The van der Waals surface area contributed by atoms with Gasteiger partial charge in [-0.1, -0.05) is 13.8 Å². The molecule has 10 heavy (non-hydrogen) atoms. The van der Waals surface area contributed by atoms with Gasteiger partial charge >= 0.3 is 0 Å². The molecule has 4 heteroatoms. The summed E-state index contributed by atoms with van der Waals surface area (Å²) in [5.41, 5.74) is 0. The molecule has 0 aliphatic carbocycles. The summed E-state index contributed by atoms with van der Waals surface area (Å²) in [5.74, 6) is 1.41. The van der Waals surface area contributed by atoms with E-state index in [2.05, 4.69) is 13.8 Å². The number of thioether (sulfide) groups is 1. The normalized spacial score (nSPS) is 14.0. The van der Waals surface area contributed by atoms with E-state index in [1.807, 2.05) is 11.8 Å². The summed E-state index contributed by atoms with van der Waals surface area (Å²) < 4.78 is 18.5. The average molecular weight is 182 g/mol. The van der Waals surface area contributed by atoms with Crippen LogP contribution in [0, 0.1) is 0 Å². The van der Waals surface area contributed by atoms with Crippen molar-refractivity contribution in [3.8, 4) is 0 Å². The summed E-state index contributed by atoms with van der Waals surface area (Å²) in [6, 6.07) is 0. The fraction of sp³-hybridized carbons (Fsp3) is 1.00. The van der Waals surface area contributed by atoms with Gasteiger partial charge in [0.2, 0.25) is 0 Å². The summed E-state index contributed by atoms with van der Waals surface area (Å²) in [5, 5.41) is 0.632. The van der Waals surface area contributed by atoms with E-state index in [1.165, 1.54) is 0 Å². The van der Waals surface area contributed by atoms with Gasteiger partial charge in [-0.2, -0.15) is 11.8 Å². The molecule has 1 atom stereocenters. The standard InChI is InChI=1S/C6H14O2S2/c1-6(2)9-4-3-5-10(7)8/h6H,3-5H2,1-2H3,(H,7,8). The lowest BCUT2D eigenvalue weighted by molar-refractivity contribution is 0.563.